The third-order valence-corrected chi connectivity index (χ3v) is 4.20. The first kappa shape index (κ1) is 15.8. The van der Waals surface area contributed by atoms with Crippen molar-refractivity contribution in [2.75, 3.05) is 22.8 Å². The van der Waals surface area contributed by atoms with Crippen molar-refractivity contribution in [3.8, 4) is 11.3 Å². The number of hydrogen-bond acceptors (Lipinski definition) is 5. The van der Waals surface area contributed by atoms with Crippen LogP contribution in [0.5, 0.6) is 0 Å². The van der Waals surface area contributed by atoms with Crippen molar-refractivity contribution < 1.29 is 8.42 Å². The molecule has 114 valence electrons. The monoisotopic (exact) mass is 325 g/mol. The van der Waals surface area contributed by atoms with E-state index in [9.17, 15) is 8.42 Å². The van der Waals surface area contributed by atoms with Crippen molar-refractivity contribution in [2.45, 2.75) is 19.8 Å². The third-order valence-electron chi connectivity index (χ3n) is 2.79. The van der Waals surface area contributed by atoms with Gasteiger partial charge in [-0.15, -0.1) is 11.3 Å². The Morgan fingerprint density at radius 2 is 1.95 bits per heavy atom. The number of rotatable bonds is 7. The maximum Gasteiger partial charge on any atom is 0.229 e. The largest absolute Gasteiger partial charge is 0.362 e. The van der Waals surface area contributed by atoms with Gasteiger partial charge < -0.3 is 5.32 Å². The summed E-state index contributed by atoms with van der Waals surface area (Å²) in [4.78, 5) is 4.53. The van der Waals surface area contributed by atoms with Crippen LogP contribution in [0.15, 0.2) is 29.6 Å². The van der Waals surface area contributed by atoms with Gasteiger partial charge in [0.25, 0.3) is 0 Å². The quantitative estimate of drug-likeness (QED) is 0.766. The molecule has 0 saturated carbocycles. The van der Waals surface area contributed by atoms with E-state index in [1.165, 1.54) is 0 Å². The van der Waals surface area contributed by atoms with E-state index in [4.69, 9.17) is 0 Å². The molecule has 0 bridgehead atoms. The number of thiazole rings is 1. The zero-order valence-electron chi connectivity index (χ0n) is 12.1. The Bertz CT molecular complexity index is 678. The SMILES string of the molecule is CCCCNc1nc(-c2ccc(NS(C)(=O)=O)cc2)cs1. The van der Waals surface area contributed by atoms with Gasteiger partial charge in [0.05, 0.1) is 11.9 Å². The molecule has 0 radical (unpaired) electrons. The molecule has 2 rings (SSSR count). The predicted octanol–water partition coefficient (Wildman–Crippen LogP) is 3.39. The summed E-state index contributed by atoms with van der Waals surface area (Å²) in [5.74, 6) is 0. The zero-order valence-corrected chi connectivity index (χ0v) is 13.7. The molecule has 0 aliphatic heterocycles. The van der Waals surface area contributed by atoms with Gasteiger partial charge in [0.2, 0.25) is 10.0 Å². The summed E-state index contributed by atoms with van der Waals surface area (Å²) >= 11 is 1.58. The lowest BCUT2D eigenvalue weighted by Crippen LogP contribution is -2.09. The van der Waals surface area contributed by atoms with E-state index >= 15 is 0 Å². The molecule has 0 spiro atoms. The number of unbranched alkanes of at least 4 members (excludes halogenated alkanes) is 1. The fourth-order valence-electron chi connectivity index (χ4n) is 1.78. The molecule has 0 fully saturated rings. The number of hydrogen-bond donors (Lipinski definition) is 2. The Balaban J connectivity index is 2.05. The second kappa shape index (κ2) is 6.91. The minimum atomic E-state index is -3.24. The summed E-state index contributed by atoms with van der Waals surface area (Å²) in [5, 5.41) is 6.20. The van der Waals surface area contributed by atoms with Crippen molar-refractivity contribution >= 4 is 32.2 Å². The van der Waals surface area contributed by atoms with E-state index in [2.05, 4.69) is 21.9 Å². The summed E-state index contributed by atoms with van der Waals surface area (Å²) in [6.45, 7) is 3.09. The molecule has 7 heteroatoms. The first-order valence-corrected chi connectivity index (χ1v) is 9.52. The number of nitrogens with one attached hydrogen (secondary N) is 2. The Morgan fingerprint density at radius 1 is 1.24 bits per heavy atom. The number of nitrogens with zero attached hydrogens (tertiary/aromatic N) is 1. The second-order valence-corrected chi connectivity index (χ2v) is 7.38. The van der Waals surface area contributed by atoms with Gasteiger partial charge in [-0.05, 0) is 18.6 Å². The van der Waals surface area contributed by atoms with Gasteiger partial charge >= 0.3 is 0 Å². The van der Waals surface area contributed by atoms with Gasteiger partial charge in [0.1, 0.15) is 0 Å². The number of anilines is 2. The maximum absolute atomic E-state index is 11.2. The van der Waals surface area contributed by atoms with Gasteiger partial charge in [0.15, 0.2) is 5.13 Å². The van der Waals surface area contributed by atoms with E-state index in [0.717, 1.165) is 42.0 Å². The summed E-state index contributed by atoms with van der Waals surface area (Å²) in [6, 6.07) is 7.19. The Morgan fingerprint density at radius 3 is 2.57 bits per heavy atom. The standard InChI is InChI=1S/C14H19N3O2S2/c1-3-4-9-15-14-16-13(10-20-14)11-5-7-12(8-6-11)17-21(2,18)19/h5-8,10,17H,3-4,9H2,1-2H3,(H,15,16). The molecule has 0 aliphatic rings. The molecule has 2 aromatic rings. The summed E-state index contributed by atoms with van der Waals surface area (Å²) in [6.07, 6.45) is 3.41. The fourth-order valence-corrected chi connectivity index (χ4v) is 3.10. The highest BCUT2D eigenvalue weighted by Crippen LogP contribution is 2.26. The van der Waals surface area contributed by atoms with E-state index in [1.807, 2.05) is 17.5 Å². The van der Waals surface area contributed by atoms with Crippen molar-refractivity contribution in [3.63, 3.8) is 0 Å². The first-order chi connectivity index (χ1) is 9.98. The lowest BCUT2D eigenvalue weighted by molar-refractivity contribution is 0.607. The molecule has 1 heterocycles. The predicted molar refractivity (Wildman–Crippen MR) is 89.4 cm³/mol. The molecule has 21 heavy (non-hydrogen) atoms. The van der Waals surface area contributed by atoms with Gasteiger partial charge in [-0.1, -0.05) is 25.5 Å². The molecular weight excluding hydrogens is 306 g/mol. The average Bonchev–Trinajstić information content (AvgIpc) is 2.87. The van der Waals surface area contributed by atoms with Crippen LogP contribution in [0.25, 0.3) is 11.3 Å². The molecule has 1 aromatic carbocycles. The van der Waals surface area contributed by atoms with Gasteiger partial charge in [-0.3, -0.25) is 4.72 Å². The lowest BCUT2D eigenvalue weighted by atomic mass is 10.1. The van der Waals surface area contributed by atoms with Crippen molar-refractivity contribution in [1.29, 1.82) is 0 Å². The second-order valence-electron chi connectivity index (χ2n) is 4.77. The van der Waals surface area contributed by atoms with E-state index in [-0.39, 0.29) is 0 Å². The number of aromatic nitrogens is 1. The third kappa shape index (κ3) is 5.02. The Kier molecular flexibility index (Phi) is 5.19. The molecule has 0 aliphatic carbocycles. The molecule has 0 atom stereocenters. The summed E-state index contributed by atoms with van der Waals surface area (Å²) in [7, 11) is -3.24. The van der Waals surface area contributed by atoms with Crippen LogP contribution in [0.3, 0.4) is 0 Å². The van der Waals surface area contributed by atoms with E-state index < -0.39 is 10.0 Å². The molecule has 0 saturated heterocycles. The van der Waals surface area contributed by atoms with Crippen LogP contribution in [0, 0.1) is 0 Å². The van der Waals surface area contributed by atoms with Crippen molar-refractivity contribution in [3.05, 3.63) is 29.6 Å². The van der Waals surface area contributed by atoms with Gasteiger partial charge in [-0.2, -0.15) is 0 Å². The smallest absolute Gasteiger partial charge is 0.229 e. The normalized spacial score (nSPS) is 11.3. The first-order valence-electron chi connectivity index (χ1n) is 6.75. The molecule has 5 nitrogen and oxygen atoms in total. The van der Waals surface area contributed by atoms with E-state index in [0.29, 0.717) is 5.69 Å². The van der Waals surface area contributed by atoms with Crippen LogP contribution in [0.1, 0.15) is 19.8 Å². The highest BCUT2D eigenvalue weighted by atomic mass is 32.2. The molecule has 0 unspecified atom stereocenters. The topological polar surface area (TPSA) is 71.1 Å². The van der Waals surface area contributed by atoms with Gasteiger partial charge in [0, 0.05) is 23.2 Å². The molecule has 0 amide bonds. The number of sulfonamides is 1. The highest BCUT2D eigenvalue weighted by Gasteiger charge is 2.06. The van der Waals surface area contributed by atoms with Crippen molar-refractivity contribution in [1.82, 2.24) is 4.98 Å². The zero-order chi connectivity index (χ0) is 15.3. The number of benzene rings is 1. The average molecular weight is 325 g/mol. The van der Waals surface area contributed by atoms with Crippen LogP contribution in [-0.4, -0.2) is 26.2 Å². The van der Waals surface area contributed by atoms with Crippen LogP contribution >= 0.6 is 11.3 Å². The lowest BCUT2D eigenvalue weighted by Gasteiger charge is -2.04. The highest BCUT2D eigenvalue weighted by molar-refractivity contribution is 7.92. The van der Waals surface area contributed by atoms with Crippen LogP contribution in [0.4, 0.5) is 10.8 Å². The Labute approximate surface area is 129 Å². The van der Waals surface area contributed by atoms with Crippen LogP contribution in [-0.2, 0) is 10.0 Å². The summed E-state index contributed by atoms with van der Waals surface area (Å²) in [5.41, 5.74) is 2.41. The molecule has 2 N–H and O–H groups in total. The van der Waals surface area contributed by atoms with Gasteiger partial charge in [-0.25, -0.2) is 13.4 Å². The Hall–Kier alpha value is -1.60. The maximum atomic E-state index is 11.2. The van der Waals surface area contributed by atoms with E-state index in [1.54, 1.807) is 23.5 Å². The molecule has 1 aromatic heterocycles. The molecular formula is C14H19N3O2S2. The summed E-state index contributed by atoms with van der Waals surface area (Å²) < 4.78 is 24.7. The van der Waals surface area contributed by atoms with Crippen LogP contribution in [0.2, 0.25) is 0 Å². The van der Waals surface area contributed by atoms with Crippen LogP contribution < -0.4 is 10.0 Å². The van der Waals surface area contributed by atoms with Crippen molar-refractivity contribution in [2.24, 2.45) is 0 Å². The minimum absolute atomic E-state index is 0.553. The fraction of sp³-hybridized carbons (Fsp3) is 0.357. The minimum Gasteiger partial charge on any atom is -0.362 e.